The fraction of sp³-hybridized carbons (Fsp3) is 0.545. The fourth-order valence-corrected chi connectivity index (χ4v) is 4.27. The molecule has 0 radical (unpaired) electrons. The lowest BCUT2D eigenvalue weighted by Crippen LogP contribution is -2.49. The molecule has 4 rings (SSSR count). The Labute approximate surface area is 183 Å². The first-order chi connectivity index (χ1) is 15.2. The maximum absolute atomic E-state index is 5.49. The highest BCUT2D eigenvalue weighted by molar-refractivity contribution is 5.66. The first-order valence-electron chi connectivity index (χ1n) is 10.7. The Balaban J connectivity index is 1.43. The van der Waals surface area contributed by atoms with Gasteiger partial charge in [-0.1, -0.05) is 0 Å². The number of methoxy groups -OCH3 is 3. The van der Waals surface area contributed by atoms with Crippen molar-refractivity contribution in [2.75, 3.05) is 70.9 Å². The van der Waals surface area contributed by atoms with Crippen LogP contribution in [0.1, 0.15) is 12.8 Å². The molecule has 2 aliphatic heterocycles. The van der Waals surface area contributed by atoms with Crippen LogP contribution in [0.25, 0.3) is 0 Å². The average molecular weight is 430 g/mol. The molecule has 2 aliphatic rings. The van der Waals surface area contributed by atoms with E-state index in [4.69, 9.17) is 23.9 Å². The standard InChI is InChI=1S/C22H31N5O4/c1-28-18-14-16(15-19(29-2)21(18)30-3)24-22-23-7-4-20(25-22)27-8-5-17(6-9-27)26-10-12-31-13-11-26/h4,7,14-15,17H,5-6,8-13H2,1-3H3,(H,23,24,25). The predicted octanol–water partition coefficient (Wildman–Crippen LogP) is 2.55. The number of hydrogen-bond donors (Lipinski definition) is 1. The van der Waals surface area contributed by atoms with Gasteiger partial charge in [-0.15, -0.1) is 0 Å². The van der Waals surface area contributed by atoms with Crippen molar-refractivity contribution in [3.05, 3.63) is 24.4 Å². The lowest BCUT2D eigenvalue weighted by molar-refractivity contribution is 0.0115. The Morgan fingerprint density at radius 3 is 2.26 bits per heavy atom. The summed E-state index contributed by atoms with van der Waals surface area (Å²) < 4.78 is 21.7. The van der Waals surface area contributed by atoms with Gasteiger partial charge in [0.15, 0.2) is 11.5 Å². The fourth-order valence-electron chi connectivity index (χ4n) is 4.27. The van der Waals surface area contributed by atoms with E-state index in [2.05, 4.69) is 20.1 Å². The van der Waals surface area contributed by atoms with Crippen LogP contribution in [0.5, 0.6) is 17.2 Å². The third kappa shape index (κ3) is 4.94. The molecule has 168 valence electrons. The van der Waals surface area contributed by atoms with Gasteiger partial charge in [-0.2, -0.15) is 4.98 Å². The van der Waals surface area contributed by atoms with Gasteiger partial charge in [-0.05, 0) is 18.9 Å². The second kappa shape index (κ2) is 10.0. The molecule has 1 aromatic heterocycles. The van der Waals surface area contributed by atoms with Crippen LogP contribution < -0.4 is 24.4 Å². The Morgan fingerprint density at radius 2 is 1.65 bits per heavy atom. The van der Waals surface area contributed by atoms with Crippen molar-refractivity contribution in [1.82, 2.24) is 14.9 Å². The maximum atomic E-state index is 5.49. The first kappa shape index (κ1) is 21.5. The Bertz CT molecular complexity index is 842. The quantitative estimate of drug-likeness (QED) is 0.714. The molecule has 9 nitrogen and oxygen atoms in total. The van der Waals surface area contributed by atoms with Crippen molar-refractivity contribution in [2.45, 2.75) is 18.9 Å². The van der Waals surface area contributed by atoms with E-state index in [1.807, 2.05) is 18.2 Å². The largest absolute Gasteiger partial charge is 0.493 e. The normalized spacial score (nSPS) is 18.0. The summed E-state index contributed by atoms with van der Waals surface area (Å²) in [7, 11) is 4.78. The van der Waals surface area contributed by atoms with E-state index < -0.39 is 0 Å². The van der Waals surface area contributed by atoms with Gasteiger partial charge in [0, 0.05) is 56.2 Å². The number of morpholine rings is 1. The minimum Gasteiger partial charge on any atom is -0.493 e. The van der Waals surface area contributed by atoms with Crippen LogP contribution in [0.4, 0.5) is 17.5 Å². The number of hydrogen-bond acceptors (Lipinski definition) is 9. The Hall–Kier alpha value is -2.78. The van der Waals surface area contributed by atoms with Crippen molar-refractivity contribution >= 4 is 17.5 Å². The van der Waals surface area contributed by atoms with Gasteiger partial charge < -0.3 is 29.2 Å². The van der Waals surface area contributed by atoms with E-state index >= 15 is 0 Å². The number of anilines is 3. The molecule has 9 heteroatoms. The average Bonchev–Trinajstić information content (AvgIpc) is 2.84. The molecule has 3 heterocycles. The molecule has 1 aromatic carbocycles. The molecule has 0 aliphatic carbocycles. The zero-order valence-corrected chi connectivity index (χ0v) is 18.5. The molecule has 0 saturated carbocycles. The highest BCUT2D eigenvalue weighted by Crippen LogP contribution is 2.40. The van der Waals surface area contributed by atoms with E-state index in [9.17, 15) is 0 Å². The molecule has 0 spiro atoms. The van der Waals surface area contributed by atoms with Crippen molar-refractivity contribution < 1.29 is 18.9 Å². The van der Waals surface area contributed by atoms with E-state index in [0.717, 1.165) is 63.7 Å². The molecule has 31 heavy (non-hydrogen) atoms. The SMILES string of the molecule is COc1cc(Nc2nccc(N3CCC(N4CCOCC4)CC3)n2)cc(OC)c1OC. The monoisotopic (exact) mass is 429 g/mol. The number of rotatable bonds is 7. The number of aromatic nitrogens is 2. The van der Waals surface area contributed by atoms with Gasteiger partial charge in [0.05, 0.1) is 34.5 Å². The predicted molar refractivity (Wildman–Crippen MR) is 119 cm³/mol. The van der Waals surface area contributed by atoms with Crippen molar-refractivity contribution in [1.29, 1.82) is 0 Å². The highest BCUT2D eigenvalue weighted by Gasteiger charge is 2.26. The summed E-state index contributed by atoms with van der Waals surface area (Å²) in [5, 5.41) is 3.26. The van der Waals surface area contributed by atoms with Gasteiger partial charge in [-0.25, -0.2) is 4.98 Å². The molecule has 0 amide bonds. The van der Waals surface area contributed by atoms with E-state index in [0.29, 0.717) is 29.2 Å². The summed E-state index contributed by atoms with van der Waals surface area (Å²) in [6.07, 6.45) is 4.07. The van der Waals surface area contributed by atoms with Gasteiger partial charge in [0.25, 0.3) is 0 Å². The zero-order chi connectivity index (χ0) is 21.6. The second-order valence-corrected chi connectivity index (χ2v) is 7.64. The van der Waals surface area contributed by atoms with Crippen LogP contribution in [0.15, 0.2) is 24.4 Å². The minimum absolute atomic E-state index is 0.530. The third-order valence-corrected chi connectivity index (χ3v) is 5.91. The number of piperidine rings is 1. The minimum atomic E-state index is 0.530. The number of ether oxygens (including phenoxy) is 4. The molecule has 0 unspecified atom stereocenters. The van der Waals surface area contributed by atoms with Crippen LogP contribution in [0.2, 0.25) is 0 Å². The summed E-state index contributed by atoms with van der Waals surface area (Å²) in [6.45, 7) is 5.76. The molecule has 2 fully saturated rings. The summed E-state index contributed by atoms with van der Waals surface area (Å²) in [5.41, 5.74) is 0.762. The number of benzene rings is 1. The summed E-state index contributed by atoms with van der Waals surface area (Å²) in [6, 6.07) is 6.28. The maximum Gasteiger partial charge on any atom is 0.229 e. The van der Waals surface area contributed by atoms with Crippen LogP contribution in [-0.2, 0) is 4.74 Å². The van der Waals surface area contributed by atoms with Gasteiger partial charge in [0.2, 0.25) is 11.7 Å². The second-order valence-electron chi connectivity index (χ2n) is 7.64. The topological polar surface area (TPSA) is 81.2 Å². The molecule has 0 atom stereocenters. The molecule has 2 aromatic rings. The van der Waals surface area contributed by atoms with E-state index in [1.165, 1.54) is 0 Å². The smallest absolute Gasteiger partial charge is 0.229 e. The summed E-state index contributed by atoms with van der Waals surface area (Å²) >= 11 is 0. The van der Waals surface area contributed by atoms with Crippen LogP contribution in [0, 0.1) is 0 Å². The van der Waals surface area contributed by atoms with Gasteiger partial charge in [0.1, 0.15) is 5.82 Å². The Morgan fingerprint density at radius 1 is 0.968 bits per heavy atom. The van der Waals surface area contributed by atoms with Crippen LogP contribution >= 0.6 is 0 Å². The number of nitrogens with one attached hydrogen (secondary N) is 1. The molecule has 2 saturated heterocycles. The third-order valence-electron chi connectivity index (χ3n) is 5.91. The van der Waals surface area contributed by atoms with Crippen molar-refractivity contribution in [3.8, 4) is 17.2 Å². The summed E-state index contributed by atoms with van der Waals surface area (Å²) in [5.74, 6) is 3.16. The molecule has 0 bridgehead atoms. The highest BCUT2D eigenvalue weighted by atomic mass is 16.5. The Kier molecular flexibility index (Phi) is 6.93. The molecule has 1 N–H and O–H groups in total. The molecular weight excluding hydrogens is 398 g/mol. The summed E-state index contributed by atoms with van der Waals surface area (Å²) in [4.78, 5) is 14.0. The van der Waals surface area contributed by atoms with Crippen molar-refractivity contribution in [3.63, 3.8) is 0 Å². The first-order valence-corrected chi connectivity index (χ1v) is 10.7. The lowest BCUT2D eigenvalue weighted by atomic mass is 10.0. The van der Waals surface area contributed by atoms with Crippen LogP contribution in [-0.4, -0.2) is 81.6 Å². The van der Waals surface area contributed by atoms with Gasteiger partial charge >= 0.3 is 0 Å². The van der Waals surface area contributed by atoms with Crippen LogP contribution in [0.3, 0.4) is 0 Å². The van der Waals surface area contributed by atoms with E-state index in [-0.39, 0.29) is 0 Å². The molecular formula is C22H31N5O4. The van der Waals surface area contributed by atoms with Crippen molar-refractivity contribution in [2.24, 2.45) is 0 Å². The lowest BCUT2D eigenvalue weighted by Gasteiger charge is -2.40. The number of nitrogens with zero attached hydrogens (tertiary/aromatic N) is 4. The van der Waals surface area contributed by atoms with E-state index in [1.54, 1.807) is 27.5 Å². The van der Waals surface area contributed by atoms with Gasteiger partial charge in [-0.3, -0.25) is 4.90 Å². The zero-order valence-electron chi connectivity index (χ0n) is 18.5.